The minimum Gasteiger partial charge on any atom is -0.322 e. The molecule has 6 heteroatoms. The van der Waals surface area contributed by atoms with E-state index in [-0.39, 0.29) is 11.7 Å². The van der Waals surface area contributed by atoms with E-state index in [0.29, 0.717) is 30.8 Å². The average Bonchev–Trinajstić information content (AvgIpc) is 2.61. The zero-order chi connectivity index (χ0) is 18.0. The molecule has 0 saturated heterocycles. The van der Waals surface area contributed by atoms with E-state index in [1.165, 1.54) is 4.31 Å². The Bertz CT molecular complexity index is 907. The molecule has 2 aromatic rings. The molecule has 132 valence electrons. The third-order valence-corrected chi connectivity index (χ3v) is 6.31. The molecule has 5 nitrogen and oxygen atoms in total. The SMILES string of the molecule is CCS(=O)(=O)N1CCc2ccc(NC(=O)c3cccc(C)c3)cc2C1. The first-order chi connectivity index (χ1) is 11.9. The number of anilines is 1. The van der Waals surface area contributed by atoms with Gasteiger partial charge in [-0.25, -0.2) is 8.42 Å². The Kier molecular flexibility index (Phi) is 4.92. The molecule has 0 radical (unpaired) electrons. The smallest absolute Gasteiger partial charge is 0.255 e. The van der Waals surface area contributed by atoms with Gasteiger partial charge in [0.05, 0.1) is 5.75 Å². The van der Waals surface area contributed by atoms with Crippen molar-refractivity contribution in [2.24, 2.45) is 0 Å². The van der Waals surface area contributed by atoms with Crippen molar-refractivity contribution in [2.45, 2.75) is 26.8 Å². The number of carbonyl (C=O) groups excluding carboxylic acids is 1. The van der Waals surface area contributed by atoms with Crippen molar-refractivity contribution < 1.29 is 13.2 Å². The molecule has 0 spiro atoms. The van der Waals surface area contributed by atoms with Gasteiger partial charge >= 0.3 is 0 Å². The summed E-state index contributed by atoms with van der Waals surface area (Å²) in [6.07, 6.45) is 0.695. The van der Waals surface area contributed by atoms with E-state index in [9.17, 15) is 13.2 Å². The van der Waals surface area contributed by atoms with Crippen LogP contribution in [0.4, 0.5) is 5.69 Å². The Labute approximate surface area is 148 Å². The zero-order valence-electron chi connectivity index (χ0n) is 14.5. The van der Waals surface area contributed by atoms with Crippen LogP contribution in [0.15, 0.2) is 42.5 Å². The number of carbonyl (C=O) groups is 1. The lowest BCUT2D eigenvalue weighted by Crippen LogP contribution is -2.36. The van der Waals surface area contributed by atoms with Gasteiger partial charge in [-0.2, -0.15) is 4.31 Å². The molecule has 0 aliphatic carbocycles. The predicted molar refractivity (Wildman–Crippen MR) is 99.1 cm³/mol. The van der Waals surface area contributed by atoms with Crippen LogP contribution in [-0.2, 0) is 23.0 Å². The van der Waals surface area contributed by atoms with Gasteiger partial charge in [0.1, 0.15) is 0 Å². The van der Waals surface area contributed by atoms with Crippen molar-refractivity contribution in [3.8, 4) is 0 Å². The lowest BCUT2D eigenvalue weighted by molar-refractivity contribution is 0.102. The summed E-state index contributed by atoms with van der Waals surface area (Å²) in [5.74, 6) is -0.0657. The highest BCUT2D eigenvalue weighted by molar-refractivity contribution is 7.89. The predicted octanol–water partition coefficient (Wildman–Crippen LogP) is 2.96. The molecule has 0 saturated carbocycles. The monoisotopic (exact) mass is 358 g/mol. The summed E-state index contributed by atoms with van der Waals surface area (Å²) in [5.41, 5.74) is 4.40. The molecular formula is C19H22N2O3S. The number of amides is 1. The van der Waals surface area contributed by atoms with E-state index >= 15 is 0 Å². The lowest BCUT2D eigenvalue weighted by Gasteiger charge is -2.28. The molecule has 0 fully saturated rings. The second-order valence-electron chi connectivity index (χ2n) is 6.29. The van der Waals surface area contributed by atoms with Gasteiger partial charge in [0.15, 0.2) is 0 Å². The molecule has 25 heavy (non-hydrogen) atoms. The van der Waals surface area contributed by atoms with Crippen molar-refractivity contribution in [1.82, 2.24) is 4.31 Å². The second kappa shape index (κ2) is 6.98. The molecule has 1 heterocycles. The second-order valence-corrected chi connectivity index (χ2v) is 8.55. The van der Waals surface area contributed by atoms with Crippen LogP contribution in [0.3, 0.4) is 0 Å². The van der Waals surface area contributed by atoms with Gasteiger partial charge in [-0.15, -0.1) is 0 Å². The molecule has 1 N–H and O–H groups in total. The van der Waals surface area contributed by atoms with Crippen molar-refractivity contribution in [3.05, 3.63) is 64.7 Å². The standard InChI is InChI=1S/C19H22N2O3S/c1-3-25(23,24)21-10-9-15-7-8-18(12-17(15)13-21)20-19(22)16-6-4-5-14(2)11-16/h4-8,11-12H,3,9-10,13H2,1-2H3,(H,20,22). The largest absolute Gasteiger partial charge is 0.322 e. The van der Waals surface area contributed by atoms with Crippen LogP contribution < -0.4 is 5.32 Å². The summed E-state index contributed by atoms with van der Waals surface area (Å²) in [5, 5.41) is 2.90. The fourth-order valence-electron chi connectivity index (χ4n) is 3.02. The van der Waals surface area contributed by atoms with Gasteiger partial charge in [-0.05, 0) is 55.7 Å². The Morgan fingerprint density at radius 3 is 2.68 bits per heavy atom. The van der Waals surface area contributed by atoms with Crippen molar-refractivity contribution in [2.75, 3.05) is 17.6 Å². The van der Waals surface area contributed by atoms with Gasteiger partial charge in [-0.3, -0.25) is 4.79 Å². The fraction of sp³-hybridized carbons (Fsp3) is 0.316. The van der Waals surface area contributed by atoms with E-state index in [1.54, 1.807) is 13.0 Å². The minimum absolute atomic E-state index is 0.103. The van der Waals surface area contributed by atoms with E-state index in [2.05, 4.69) is 5.32 Å². The quantitative estimate of drug-likeness (QED) is 0.914. The molecule has 0 atom stereocenters. The number of hydrogen-bond donors (Lipinski definition) is 1. The van der Waals surface area contributed by atoms with Crippen molar-refractivity contribution in [3.63, 3.8) is 0 Å². The number of aryl methyl sites for hydroxylation is 1. The third kappa shape index (κ3) is 3.91. The van der Waals surface area contributed by atoms with Gasteiger partial charge in [0.25, 0.3) is 5.91 Å². The average molecular weight is 358 g/mol. The van der Waals surface area contributed by atoms with E-state index in [4.69, 9.17) is 0 Å². The Morgan fingerprint density at radius 1 is 1.16 bits per heavy atom. The van der Waals surface area contributed by atoms with Crippen LogP contribution in [0.1, 0.15) is 34.0 Å². The normalized spacial score (nSPS) is 14.8. The van der Waals surface area contributed by atoms with Crippen LogP contribution in [0.25, 0.3) is 0 Å². The van der Waals surface area contributed by atoms with Crippen LogP contribution in [0.5, 0.6) is 0 Å². The summed E-state index contributed by atoms with van der Waals surface area (Å²) in [6.45, 7) is 4.47. The molecule has 1 aliphatic rings. The molecular weight excluding hydrogens is 336 g/mol. The van der Waals surface area contributed by atoms with Crippen LogP contribution in [-0.4, -0.2) is 30.9 Å². The summed E-state index contributed by atoms with van der Waals surface area (Å²) in [7, 11) is -3.20. The topological polar surface area (TPSA) is 66.5 Å². The first kappa shape index (κ1) is 17.6. The van der Waals surface area contributed by atoms with Crippen molar-refractivity contribution >= 4 is 21.6 Å². The van der Waals surface area contributed by atoms with Gasteiger partial charge in [0, 0.05) is 24.3 Å². The van der Waals surface area contributed by atoms with Gasteiger partial charge in [-0.1, -0.05) is 23.8 Å². The van der Waals surface area contributed by atoms with Crippen LogP contribution in [0, 0.1) is 6.92 Å². The van der Waals surface area contributed by atoms with Gasteiger partial charge in [0.2, 0.25) is 10.0 Å². The first-order valence-corrected chi connectivity index (χ1v) is 9.97. The van der Waals surface area contributed by atoms with Crippen LogP contribution >= 0.6 is 0 Å². The number of nitrogens with one attached hydrogen (secondary N) is 1. The summed E-state index contributed by atoms with van der Waals surface area (Å²) < 4.78 is 25.7. The molecule has 3 rings (SSSR count). The molecule has 0 bridgehead atoms. The Morgan fingerprint density at radius 2 is 1.96 bits per heavy atom. The number of benzene rings is 2. The van der Waals surface area contributed by atoms with Crippen LogP contribution in [0.2, 0.25) is 0 Å². The summed E-state index contributed by atoms with van der Waals surface area (Å²) in [4.78, 5) is 12.4. The highest BCUT2D eigenvalue weighted by Gasteiger charge is 2.25. The summed E-state index contributed by atoms with van der Waals surface area (Å²) >= 11 is 0. The van der Waals surface area contributed by atoms with Crippen molar-refractivity contribution in [1.29, 1.82) is 0 Å². The van der Waals surface area contributed by atoms with E-state index in [1.807, 2.05) is 43.3 Å². The molecule has 0 aromatic heterocycles. The molecule has 1 amide bonds. The summed E-state index contributed by atoms with van der Waals surface area (Å²) in [6, 6.07) is 13.1. The number of nitrogens with zero attached hydrogens (tertiary/aromatic N) is 1. The number of rotatable bonds is 4. The number of fused-ring (bicyclic) bond motifs is 1. The van der Waals surface area contributed by atoms with E-state index in [0.717, 1.165) is 16.7 Å². The maximum absolute atomic E-state index is 12.4. The fourth-order valence-corrected chi connectivity index (χ4v) is 4.09. The number of hydrogen-bond acceptors (Lipinski definition) is 3. The molecule has 1 aliphatic heterocycles. The highest BCUT2D eigenvalue weighted by Crippen LogP contribution is 2.25. The van der Waals surface area contributed by atoms with E-state index < -0.39 is 10.0 Å². The first-order valence-electron chi connectivity index (χ1n) is 8.36. The molecule has 2 aromatic carbocycles. The van der Waals surface area contributed by atoms with Gasteiger partial charge < -0.3 is 5.32 Å². The third-order valence-electron chi connectivity index (χ3n) is 4.48. The zero-order valence-corrected chi connectivity index (χ0v) is 15.3. The Balaban J connectivity index is 1.79. The maximum Gasteiger partial charge on any atom is 0.255 e. The Hall–Kier alpha value is -2.18. The minimum atomic E-state index is -3.20. The lowest BCUT2D eigenvalue weighted by atomic mass is 10.0. The number of sulfonamides is 1. The molecule has 0 unspecified atom stereocenters. The maximum atomic E-state index is 12.4. The highest BCUT2D eigenvalue weighted by atomic mass is 32.2.